The highest BCUT2D eigenvalue weighted by Crippen LogP contribution is 2.15. The van der Waals surface area contributed by atoms with Crippen LogP contribution in [0.1, 0.15) is 17.2 Å². The summed E-state index contributed by atoms with van der Waals surface area (Å²) in [4.78, 5) is 13.9. The average molecular weight is 250 g/mol. The number of benzene rings is 1. The van der Waals surface area contributed by atoms with Crippen LogP contribution >= 0.6 is 0 Å². The fourth-order valence-corrected chi connectivity index (χ4v) is 1.74. The number of likely N-dealkylation sites (N-methyl/N-ethyl adjacent to an activating group) is 1. The number of hydrogen-bond donors (Lipinski definition) is 1. The molecule has 0 bridgehead atoms. The third-order valence-corrected chi connectivity index (χ3v) is 2.72. The molecule has 1 aromatic carbocycles. The Morgan fingerprint density at radius 2 is 2.17 bits per heavy atom. The summed E-state index contributed by atoms with van der Waals surface area (Å²) < 4.78 is 4.85. The summed E-state index contributed by atoms with van der Waals surface area (Å²) in [5, 5.41) is 3.23. The summed E-state index contributed by atoms with van der Waals surface area (Å²) in [6.07, 6.45) is 0. The second kappa shape index (κ2) is 7.13. The fourth-order valence-electron chi connectivity index (χ4n) is 1.74. The molecule has 4 heteroatoms. The zero-order valence-corrected chi connectivity index (χ0v) is 11.6. The third kappa shape index (κ3) is 4.47. The molecule has 1 rings (SSSR count). The summed E-state index contributed by atoms with van der Waals surface area (Å²) in [6, 6.07) is 7.52. The first kappa shape index (κ1) is 14.7. The van der Waals surface area contributed by atoms with Crippen molar-refractivity contribution in [1.29, 1.82) is 0 Å². The molecule has 0 aliphatic heterocycles. The number of carbonyl (C=O) groups is 1. The molecule has 18 heavy (non-hydrogen) atoms. The molecule has 0 fully saturated rings. The Morgan fingerprint density at radius 1 is 1.44 bits per heavy atom. The van der Waals surface area contributed by atoms with E-state index >= 15 is 0 Å². The molecule has 0 saturated heterocycles. The lowest BCUT2D eigenvalue weighted by Gasteiger charge is -2.18. The maximum atomic E-state index is 11.8. The predicted molar refractivity (Wildman–Crippen MR) is 72.5 cm³/mol. The molecule has 0 aliphatic rings. The van der Waals surface area contributed by atoms with E-state index in [4.69, 9.17) is 4.74 Å². The van der Waals surface area contributed by atoms with Gasteiger partial charge >= 0.3 is 5.97 Å². The van der Waals surface area contributed by atoms with Gasteiger partial charge in [-0.15, -0.1) is 0 Å². The van der Waals surface area contributed by atoms with Crippen LogP contribution in [0.15, 0.2) is 24.3 Å². The van der Waals surface area contributed by atoms with Gasteiger partial charge in [-0.1, -0.05) is 29.8 Å². The summed E-state index contributed by atoms with van der Waals surface area (Å²) in [5.41, 5.74) is 2.08. The number of hydrogen-bond acceptors (Lipinski definition) is 4. The zero-order valence-electron chi connectivity index (χ0n) is 11.6. The topological polar surface area (TPSA) is 41.6 Å². The number of nitrogens with zero attached hydrogens (tertiary/aromatic N) is 1. The molecule has 0 aliphatic carbocycles. The molecule has 1 unspecified atom stereocenters. The van der Waals surface area contributed by atoms with Gasteiger partial charge < -0.3 is 9.64 Å². The number of aryl methyl sites for hydroxylation is 1. The molecule has 0 saturated carbocycles. The standard InChI is InChI=1S/C14H22N2O2/c1-11-6-5-7-12(10-11)13(14(17)18-4)15-8-9-16(2)3/h5-7,10,13,15H,8-9H2,1-4H3. The van der Waals surface area contributed by atoms with E-state index in [1.165, 1.54) is 7.11 Å². The highest BCUT2D eigenvalue weighted by molar-refractivity contribution is 5.77. The average Bonchev–Trinajstić information content (AvgIpc) is 2.33. The quantitative estimate of drug-likeness (QED) is 0.774. The van der Waals surface area contributed by atoms with Crippen molar-refractivity contribution in [3.05, 3.63) is 35.4 Å². The van der Waals surface area contributed by atoms with E-state index in [9.17, 15) is 4.79 Å². The molecule has 0 spiro atoms. The minimum Gasteiger partial charge on any atom is -0.468 e. The van der Waals surface area contributed by atoms with Gasteiger partial charge in [0.15, 0.2) is 0 Å². The fraction of sp³-hybridized carbons (Fsp3) is 0.500. The van der Waals surface area contributed by atoms with E-state index in [2.05, 4.69) is 10.2 Å². The Bertz CT molecular complexity index is 391. The third-order valence-electron chi connectivity index (χ3n) is 2.72. The van der Waals surface area contributed by atoms with Crippen molar-refractivity contribution < 1.29 is 9.53 Å². The summed E-state index contributed by atoms with van der Waals surface area (Å²) in [5.74, 6) is -0.251. The highest BCUT2D eigenvalue weighted by Gasteiger charge is 2.20. The van der Waals surface area contributed by atoms with Crippen LogP contribution < -0.4 is 5.32 Å². The van der Waals surface area contributed by atoms with Gasteiger partial charge in [0.05, 0.1) is 7.11 Å². The Labute approximate surface area is 109 Å². The molecule has 1 aromatic rings. The Balaban J connectivity index is 2.75. The van der Waals surface area contributed by atoms with Gasteiger partial charge in [0.2, 0.25) is 0 Å². The predicted octanol–water partition coefficient (Wildman–Crippen LogP) is 1.36. The van der Waals surface area contributed by atoms with Gasteiger partial charge in [-0.25, -0.2) is 4.79 Å². The van der Waals surface area contributed by atoms with Crippen molar-refractivity contribution in [2.75, 3.05) is 34.3 Å². The Hall–Kier alpha value is -1.39. The smallest absolute Gasteiger partial charge is 0.327 e. The molecular formula is C14H22N2O2. The van der Waals surface area contributed by atoms with E-state index in [-0.39, 0.29) is 5.97 Å². The normalized spacial score (nSPS) is 12.5. The number of esters is 1. The molecule has 1 atom stereocenters. The first-order valence-corrected chi connectivity index (χ1v) is 6.07. The monoisotopic (exact) mass is 250 g/mol. The van der Waals surface area contributed by atoms with Crippen molar-refractivity contribution in [2.45, 2.75) is 13.0 Å². The SMILES string of the molecule is COC(=O)C(NCCN(C)C)c1cccc(C)c1. The Kier molecular flexibility index (Phi) is 5.82. The van der Waals surface area contributed by atoms with Crippen LogP contribution in [-0.4, -0.2) is 45.2 Å². The van der Waals surface area contributed by atoms with Gasteiger partial charge in [0.1, 0.15) is 6.04 Å². The lowest BCUT2D eigenvalue weighted by molar-refractivity contribution is -0.143. The molecule has 4 nitrogen and oxygen atoms in total. The van der Waals surface area contributed by atoms with E-state index in [1.54, 1.807) is 0 Å². The number of nitrogens with one attached hydrogen (secondary N) is 1. The molecular weight excluding hydrogens is 228 g/mol. The lowest BCUT2D eigenvalue weighted by Crippen LogP contribution is -2.34. The van der Waals surface area contributed by atoms with Crippen LogP contribution in [-0.2, 0) is 9.53 Å². The summed E-state index contributed by atoms with van der Waals surface area (Å²) in [6.45, 7) is 3.62. The number of ether oxygens (including phenoxy) is 1. The summed E-state index contributed by atoms with van der Waals surface area (Å²) in [7, 11) is 5.42. The van der Waals surface area contributed by atoms with Gasteiger partial charge in [0.25, 0.3) is 0 Å². The zero-order chi connectivity index (χ0) is 13.5. The van der Waals surface area contributed by atoms with E-state index in [0.29, 0.717) is 0 Å². The van der Waals surface area contributed by atoms with Crippen molar-refractivity contribution in [3.8, 4) is 0 Å². The highest BCUT2D eigenvalue weighted by atomic mass is 16.5. The van der Waals surface area contributed by atoms with Crippen LogP contribution in [0.2, 0.25) is 0 Å². The molecule has 0 radical (unpaired) electrons. The van der Waals surface area contributed by atoms with E-state index < -0.39 is 6.04 Å². The van der Waals surface area contributed by atoms with Gasteiger partial charge in [-0.3, -0.25) is 5.32 Å². The summed E-state index contributed by atoms with van der Waals surface area (Å²) >= 11 is 0. The maximum absolute atomic E-state index is 11.8. The van der Waals surface area contributed by atoms with Crippen LogP contribution in [0.3, 0.4) is 0 Å². The van der Waals surface area contributed by atoms with Gasteiger partial charge in [0, 0.05) is 13.1 Å². The molecule has 0 heterocycles. The van der Waals surface area contributed by atoms with Crippen LogP contribution in [0.4, 0.5) is 0 Å². The maximum Gasteiger partial charge on any atom is 0.327 e. The molecule has 0 aromatic heterocycles. The Morgan fingerprint density at radius 3 is 2.72 bits per heavy atom. The largest absolute Gasteiger partial charge is 0.468 e. The minimum absolute atomic E-state index is 0.251. The van der Waals surface area contributed by atoms with Gasteiger partial charge in [-0.2, -0.15) is 0 Å². The van der Waals surface area contributed by atoms with Crippen LogP contribution in [0, 0.1) is 6.92 Å². The van der Waals surface area contributed by atoms with Crippen molar-refractivity contribution in [3.63, 3.8) is 0 Å². The molecule has 0 amide bonds. The van der Waals surface area contributed by atoms with E-state index in [0.717, 1.165) is 24.2 Å². The second-order valence-electron chi connectivity index (χ2n) is 4.63. The van der Waals surface area contributed by atoms with Crippen molar-refractivity contribution >= 4 is 5.97 Å². The molecule has 100 valence electrons. The minimum atomic E-state index is -0.394. The van der Waals surface area contributed by atoms with Crippen LogP contribution in [0.25, 0.3) is 0 Å². The molecule has 1 N–H and O–H groups in total. The van der Waals surface area contributed by atoms with Crippen molar-refractivity contribution in [1.82, 2.24) is 10.2 Å². The first-order chi connectivity index (χ1) is 8.54. The second-order valence-corrected chi connectivity index (χ2v) is 4.63. The number of carbonyl (C=O) groups excluding carboxylic acids is 1. The number of methoxy groups -OCH3 is 1. The van der Waals surface area contributed by atoms with Crippen molar-refractivity contribution in [2.24, 2.45) is 0 Å². The van der Waals surface area contributed by atoms with Crippen LogP contribution in [0.5, 0.6) is 0 Å². The lowest BCUT2D eigenvalue weighted by atomic mass is 10.0. The van der Waals surface area contributed by atoms with Gasteiger partial charge in [-0.05, 0) is 26.6 Å². The first-order valence-electron chi connectivity index (χ1n) is 6.07. The van der Waals surface area contributed by atoms with E-state index in [1.807, 2.05) is 45.3 Å². The number of rotatable bonds is 6.